The molecule has 0 aliphatic carbocycles. The highest BCUT2D eigenvalue weighted by molar-refractivity contribution is 5.71. The standard InChI is InChI=1S/C7H12O2/c1-3-9-5-4-7(2)6-8/h6H,2-5H2,1H3. The van der Waals surface area contributed by atoms with Gasteiger partial charge >= 0.3 is 0 Å². The van der Waals surface area contributed by atoms with Crippen molar-refractivity contribution in [1.82, 2.24) is 0 Å². The zero-order chi connectivity index (χ0) is 7.11. The van der Waals surface area contributed by atoms with Crippen LogP contribution in [0.2, 0.25) is 0 Å². The first kappa shape index (κ1) is 8.37. The number of carbonyl (C=O) groups excluding carboxylic acids is 1. The molecule has 0 bridgehead atoms. The van der Waals surface area contributed by atoms with Gasteiger partial charge in [0.15, 0.2) is 0 Å². The van der Waals surface area contributed by atoms with Crippen LogP contribution in [0.15, 0.2) is 12.2 Å². The van der Waals surface area contributed by atoms with Gasteiger partial charge in [-0.1, -0.05) is 6.58 Å². The van der Waals surface area contributed by atoms with Crippen molar-refractivity contribution in [2.75, 3.05) is 13.2 Å². The van der Waals surface area contributed by atoms with E-state index in [2.05, 4.69) is 6.58 Å². The third-order valence-corrected chi connectivity index (χ3v) is 0.938. The summed E-state index contributed by atoms with van der Waals surface area (Å²) in [5, 5.41) is 0. The van der Waals surface area contributed by atoms with Gasteiger partial charge in [0.1, 0.15) is 6.29 Å². The van der Waals surface area contributed by atoms with Gasteiger partial charge in [-0.15, -0.1) is 0 Å². The van der Waals surface area contributed by atoms with Gasteiger partial charge in [0.2, 0.25) is 0 Å². The SMILES string of the molecule is C=C(C=O)CCOCC. The van der Waals surface area contributed by atoms with Gasteiger partial charge in [-0.05, 0) is 18.9 Å². The summed E-state index contributed by atoms with van der Waals surface area (Å²) in [7, 11) is 0. The van der Waals surface area contributed by atoms with Gasteiger partial charge < -0.3 is 4.74 Å². The molecule has 0 atom stereocenters. The van der Waals surface area contributed by atoms with Crippen LogP contribution in [0, 0.1) is 0 Å². The van der Waals surface area contributed by atoms with E-state index < -0.39 is 0 Å². The van der Waals surface area contributed by atoms with Crippen molar-refractivity contribution < 1.29 is 9.53 Å². The summed E-state index contributed by atoms with van der Waals surface area (Å²) in [6.45, 7) is 6.72. The van der Waals surface area contributed by atoms with E-state index in [9.17, 15) is 4.79 Å². The molecular weight excluding hydrogens is 116 g/mol. The molecule has 0 spiro atoms. The molecule has 0 amide bonds. The molecule has 0 radical (unpaired) electrons. The summed E-state index contributed by atoms with van der Waals surface area (Å²) in [5.41, 5.74) is 0.600. The molecule has 0 aliphatic heterocycles. The van der Waals surface area contributed by atoms with Crippen LogP contribution >= 0.6 is 0 Å². The predicted molar refractivity (Wildman–Crippen MR) is 36.3 cm³/mol. The highest BCUT2D eigenvalue weighted by Crippen LogP contribution is 1.92. The number of ether oxygens (including phenoxy) is 1. The van der Waals surface area contributed by atoms with Crippen LogP contribution in [0.4, 0.5) is 0 Å². The van der Waals surface area contributed by atoms with Crippen molar-refractivity contribution in [1.29, 1.82) is 0 Å². The van der Waals surface area contributed by atoms with E-state index in [0.29, 0.717) is 25.2 Å². The van der Waals surface area contributed by atoms with E-state index in [1.807, 2.05) is 6.92 Å². The molecule has 2 nitrogen and oxygen atoms in total. The van der Waals surface area contributed by atoms with Crippen LogP contribution in [-0.2, 0) is 9.53 Å². The van der Waals surface area contributed by atoms with Crippen LogP contribution in [0.1, 0.15) is 13.3 Å². The minimum absolute atomic E-state index is 0.600. The van der Waals surface area contributed by atoms with Gasteiger partial charge in [-0.2, -0.15) is 0 Å². The van der Waals surface area contributed by atoms with E-state index in [-0.39, 0.29) is 0 Å². The molecule has 9 heavy (non-hydrogen) atoms. The predicted octanol–water partition coefficient (Wildman–Crippen LogP) is 1.17. The number of aldehydes is 1. The molecule has 0 saturated carbocycles. The summed E-state index contributed by atoms with van der Waals surface area (Å²) in [5.74, 6) is 0. The number of hydrogen-bond donors (Lipinski definition) is 0. The Balaban J connectivity index is 3.07. The Morgan fingerprint density at radius 1 is 1.78 bits per heavy atom. The number of hydrogen-bond acceptors (Lipinski definition) is 2. The minimum Gasteiger partial charge on any atom is -0.381 e. The third-order valence-electron chi connectivity index (χ3n) is 0.938. The average Bonchev–Trinajstić information content (AvgIpc) is 1.89. The molecule has 0 heterocycles. The van der Waals surface area contributed by atoms with Crippen molar-refractivity contribution >= 4 is 6.29 Å². The fourth-order valence-corrected chi connectivity index (χ4v) is 0.407. The van der Waals surface area contributed by atoms with Gasteiger partial charge in [-0.3, -0.25) is 4.79 Å². The second-order valence-corrected chi connectivity index (χ2v) is 1.72. The Hall–Kier alpha value is -0.630. The van der Waals surface area contributed by atoms with Gasteiger partial charge in [0.25, 0.3) is 0 Å². The number of carbonyl (C=O) groups is 1. The quantitative estimate of drug-likeness (QED) is 0.315. The third kappa shape index (κ3) is 5.24. The maximum atomic E-state index is 9.94. The summed E-state index contributed by atoms with van der Waals surface area (Å²) >= 11 is 0. The molecule has 2 heteroatoms. The topological polar surface area (TPSA) is 26.3 Å². The first-order valence-corrected chi connectivity index (χ1v) is 3.02. The van der Waals surface area contributed by atoms with E-state index in [1.165, 1.54) is 0 Å². The fourth-order valence-electron chi connectivity index (χ4n) is 0.407. The largest absolute Gasteiger partial charge is 0.381 e. The highest BCUT2D eigenvalue weighted by Gasteiger charge is 1.89. The van der Waals surface area contributed by atoms with Crippen molar-refractivity contribution in [2.24, 2.45) is 0 Å². The Kier molecular flexibility index (Phi) is 5.12. The molecule has 0 aromatic heterocycles. The van der Waals surface area contributed by atoms with E-state index in [0.717, 1.165) is 6.29 Å². The second kappa shape index (κ2) is 5.51. The lowest BCUT2D eigenvalue weighted by atomic mass is 10.2. The monoisotopic (exact) mass is 128 g/mol. The van der Waals surface area contributed by atoms with Crippen molar-refractivity contribution in [3.05, 3.63) is 12.2 Å². The molecule has 0 fully saturated rings. The summed E-state index contributed by atoms with van der Waals surface area (Å²) in [4.78, 5) is 9.94. The summed E-state index contributed by atoms with van der Waals surface area (Å²) in [6, 6.07) is 0. The molecule has 52 valence electrons. The second-order valence-electron chi connectivity index (χ2n) is 1.72. The molecular formula is C7H12O2. The van der Waals surface area contributed by atoms with Crippen LogP contribution in [0.5, 0.6) is 0 Å². The van der Waals surface area contributed by atoms with Crippen molar-refractivity contribution in [3.63, 3.8) is 0 Å². The fraction of sp³-hybridized carbons (Fsp3) is 0.571. The van der Waals surface area contributed by atoms with Crippen LogP contribution in [0.3, 0.4) is 0 Å². The molecule has 0 aromatic rings. The van der Waals surface area contributed by atoms with Gasteiger partial charge in [0, 0.05) is 6.61 Å². The Labute approximate surface area is 55.5 Å². The maximum Gasteiger partial charge on any atom is 0.145 e. The lowest BCUT2D eigenvalue weighted by molar-refractivity contribution is -0.105. The molecule has 0 unspecified atom stereocenters. The molecule has 0 rings (SSSR count). The highest BCUT2D eigenvalue weighted by atomic mass is 16.5. The van der Waals surface area contributed by atoms with E-state index in [4.69, 9.17) is 4.74 Å². The van der Waals surface area contributed by atoms with E-state index >= 15 is 0 Å². The van der Waals surface area contributed by atoms with Crippen LogP contribution < -0.4 is 0 Å². The average molecular weight is 128 g/mol. The number of rotatable bonds is 5. The van der Waals surface area contributed by atoms with Crippen LogP contribution in [0.25, 0.3) is 0 Å². The Bertz CT molecular complexity index is 97.1. The lowest BCUT2D eigenvalue weighted by Crippen LogP contribution is -1.95. The molecule has 0 N–H and O–H groups in total. The Morgan fingerprint density at radius 3 is 2.89 bits per heavy atom. The molecule has 0 saturated heterocycles. The van der Waals surface area contributed by atoms with Crippen molar-refractivity contribution in [2.45, 2.75) is 13.3 Å². The summed E-state index contributed by atoms with van der Waals surface area (Å²) < 4.78 is 4.99. The zero-order valence-corrected chi connectivity index (χ0v) is 5.72. The maximum absolute atomic E-state index is 9.94. The van der Waals surface area contributed by atoms with E-state index in [1.54, 1.807) is 0 Å². The lowest BCUT2D eigenvalue weighted by Gasteiger charge is -1.97. The first-order chi connectivity index (χ1) is 4.31. The Morgan fingerprint density at radius 2 is 2.44 bits per heavy atom. The minimum atomic E-state index is 0.600. The molecule has 0 aromatic carbocycles. The zero-order valence-electron chi connectivity index (χ0n) is 5.72. The smallest absolute Gasteiger partial charge is 0.145 e. The van der Waals surface area contributed by atoms with Gasteiger partial charge in [-0.25, -0.2) is 0 Å². The summed E-state index contributed by atoms with van der Waals surface area (Å²) in [6.07, 6.45) is 1.41. The molecule has 0 aliphatic rings. The van der Waals surface area contributed by atoms with Gasteiger partial charge in [0.05, 0.1) is 6.61 Å². The van der Waals surface area contributed by atoms with Crippen molar-refractivity contribution in [3.8, 4) is 0 Å². The van der Waals surface area contributed by atoms with Crippen LogP contribution in [-0.4, -0.2) is 19.5 Å². The normalized spacial score (nSPS) is 9.00. The first-order valence-electron chi connectivity index (χ1n) is 3.02.